The zero-order chi connectivity index (χ0) is 25.5. The molecule has 1 aromatic heterocycles. The molecule has 0 saturated carbocycles. The minimum absolute atomic E-state index is 0.00673. The number of hydrogen-bond donors (Lipinski definition) is 3. The Bertz CT molecular complexity index is 1370. The Kier molecular flexibility index (Phi) is 7.78. The fraction of sp³-hybridized carbons (Fsp3) is 0.111. The summed E-state index contributed by atoms with van der Waals surface area (Å²) in [6.07, 6.45) is 3.22. The first kappa shape index (κ1) is 24.7. The quantitative estimate of drug-likeness (QED) is 0.426. The number of anilines is 2. The number of nitrogens with one attached hydrogen (secondary N) is 3. The highest BCUT2D eigenvalue weighted by Gasteiger charge is 2.34. The third-order valence-corrected chi connectivity index (χ3v) is 6.46. The summed E-state index contributed by atoms with van der Waals surface area (Å²) in [4.78, 5) is 29.9. The van der Waals surface area contributed by atoms with E-state index in [2.05, 4.69) is 27.0 Å². The largest absolute Gasteiger partial charge is 0.353 e. The maximum Gasteiger partial charge on any atom is 0.254 e. The molecule has 0 bridgehead atoms. The molecule has 4 rings (SSSR count). The predicted octanol–water partition coefficient (Wildman–Crippen LogP) is 4.93. The van der Waals surface area contributed by atoms with Crippen LogP contribution in [0.5, 0.6) is 0 Å². The molecular weight excluding hydrogens is 477 g/mol. The summed E-state index contributed by atoms with van der Waals surface area (Å²) in [5.41, 5.74) is 3.14. The van der Waals surface area contributed by atoms with Gasteiger partial charge in [-0.3, -0.25) is 14.6 Å². The molecule has 0 saturated heterocycles. The third-order valence-electron chi connectivity index (χ3n) is 5.44. The molecule has 2 aromatic carbocycles. The average molecular weight is 500 g/mol. The fourth-order valence-electron chi connectivity index (χ4n) is 3.80. The van der Waals surface area contributed by atoms with Crippen molar-refractivity contribution in [2.24, 2.45) is 0 Å². The molecule has 9 heteroatoms. The van der Waals surface area contributed by atoms with Crippen LogP contribution in [0, 0.1) is 17.1 Å². The topological polar surface area (TPSA) is 107 Å². The molecule has 1 aliphatic heterocycles. The first-order valence-electron chi connectivity index (χ1n) is 11.0. The van der Waals surface area contributed by atoms with E-state index in [9.17, 15) is 19.2 Å². The normalized spacial score (nSPS) is 15.1. The lowest BCUT2D eigenvalue weighted by Crippen LogP contribution is -2.31. The standard InChI is InChI=1S/C27H22FN5O2S/c1-17-24(26(35)33-20-5-3-2-4-6-20)25(18-11-13-30-14-12-18)22(15-29)27(31-17)36-16-23(34)32-21-9-7-19(28)8-10-21/h2-14,25,31H,16H2,1H3,(H,32,34)(H,33,35)/t25-/m0/s1. The number of nitrogens with zero attached hydrogens (tertiary/aromatic N) is 2. The van der Waals surface area contributed by atoms with Crippen LogP contribution in [0.3, 0.4) is 0 Å². The highest BCUT2D eigenvalue weighted by Crippen LogP contribution is 2.40. The number of halogens is 1. The third kappa shape index (κ3) is 5.79. The molecule has 0 aliphatic carbocycles. The Balaban J connectivity index is 1.60. The van der Waals surface area contributed by atoms with Crippen LogP contribution in [0.25, 0.3) is 0 Å². The summed E-state index contributed by atoms with van der Waals surface area (Å²) >= 11 is 1.16. The van der Waals surface area contributed by atoms with Crippen LogP contribution in [0.2, 0.25) is 0 Å². The van der Waals surface area contributed by atoms with Gasteiger partial charge in [-0.1, -0.05) is 30.0 Å². The zero-order valence-corrected chi connectivity index (χ0v) is 20.1. The van der Waals surface area contributed by atoms with Gasteiger partial charge < -0.3 is 16.0 Å². The molecule has 0 unspecified atom stereocenters. The fourth-order valence-corrected chi connectivity index (χ4v) is 4.70. The van der Waals surface area contributed by atoms with Crippen LogP contribution in [-0.2, 0) is 9.59 Å². The number of para-hydroxylation sites is 1. The molecule has 1 aliphatic rings. The number of amides is 2. The van der Waals surface area contributed by atoms with E-state index in [1.165, 1.54) is 24.3 Å². The Morgan fingerprint density at radius 1 is 1.03 bits per heavy atom. The number of hydrogen-bond acceptors (Lipinski definition) is 6. The van der Waals surface area contributed by atoms with Gasteiger partial charge in [-0.05, 0) is 61.0 Å². The number of nitriles is 1. The van der Waals surface area contributed by atoms with E-state index >= 15 is 0 Å². The van der Waals surface area contributed by atoms with Gasteiger partial charge in [-0.2, -0.15) is 5.26 Å². The van der Waals surface area contributed by atoms with Crippen LogP contribution in [0.1, 0.15) is 18.4 Å². The molecule has 0 radical (unpaired) electrons. The number of carbonyl (C=O) groups excluding carboxylic acids is 2. The van der Waals surface area contributed by atoms with E-state index < -0.39 is 11.7 Å². The molecule has 180 valence electrons. The van der Waals surface area contributed by atoms with Gasteiger partial charge in [0, 0.05) is 35.0 Å². The maximum absolute atomic E-state index is 13.4. The summed E-state index contributed by atoms with van der Waals surface area (Å²) in [5.74, 6) is -1.68. The Morgan fingerprint density at radius 3 is 2.36 bits per heavy atom. The molecule has 36 heavy (non-hydrogen) atoms. The molecule has 2 amide bonds. The minimum Gasteiger partial charge on any atom is -0.353 e. The van der Waals surface area contributed by atoms with Crippen molar-refractivity contribution in [3.8, 4) is 6.07 Å². The Labute approximate surface area is 212 Å². The van der Waals surface area contributed by atoms with Gasteiger partial charge in [0.15, 0.2) is 0 Å². The number of dihydropyridines is 1. The van der Waals surface area contributed by atoms with E-state index in [1.54, 1.807) is 43.6 Å². The molecule has 1 atom stereocenters. The molecule has 7 nitrogen and oxygen atoms in total. The van der Waals surface area contributed by atoms with E-state index in [0.29, 0.717) is 33.2 Å². The summed E-state index contributed by atoms with van der Waals surface area (Å²) in [6.45, 7) is 1.77. The van der Waals surface area contributed by atoms with Crippen molar-refractivity contribution in [3.05, 3.63) is 112 Å². The van der Waals surface area contributed by atoms with Crippen molar-refractivity contribution in [3.63, 3.8) is 0 Å². The summed E-state index contributed by atoms with van der Waals surface area (Å²) in [6, 6.07) is 20.3. The summed E-state index contributed by atoms with van der Waals surface area (Å²) in [7, 11) is 0. The molecule has 3 N–H and O–H groups in total. The number of pyridine rings is 1. The van der Waals surface area contributed by atoms with E-state index in [-0.39, 0.29) is 17.6 Å². The molecular formula is C27H22FN5O2S. The van der Waals surface area contributed by atoms with Gasteiger partial charge in [0.05, 0.1) is 28.3 Å². The lowest BCUT2D eigenvalue weighted by Gasteiger charge is -2.29. The highest BCUT2D eigenvalue weighted by atomic mass is 32.2. The van der Waals surface area contributed by atoms with Crippen molar-refractivity contribution in [1.82, 2.24) is 10.3 Å². The smallest absolute Gasteiger partial charge is 0.254 e. The lowest BCUT2D eigenvalue weighted by atomic mass is 9.82. The van der Waals surface area contributed by atoms with Gasteiger partial charge in [0.2, 0.25) is 5.91 Å². The number of thioether (sulfide) groups is 1. The van der Waals surface area contributed by atoms with Crippen molar-refractivity contribution >= 4 is 35.0 Å². The number of rotatable bonds is 7. The van der Waals surface area contributed by atoms with Gasteiger partial charge in [0.25, 0.3) is 5.91 Å². The van der Waals surface area contributed by atoms with Gasteiger partial charge in [-0.15, -0.1) is 0 Å². The second-order valence-electron chi connectivity index (χ2n) is 7.90. The molecule has 0 fully saturated rings. The van der Waals surface area contributed by atoms with E-state index in [4.69, 9.17) is 0 Å². The lowest BCUT2D eigenvalue weighted by molar-refractivity contribution is -0.114. The number of carbonyl (C=O) groups is 2. The second-order valence-corrected chi connectivity index (χ2v) is 8.88. The van der Waals surface area contributed by atoms with E-state index in [1.807, 2.05) is 18.2 Å². The van der Waals surface area contributed by atoms with Crippen molar-refractivity contribution in [2.75, 3.05) is 16.4 Å². The first-order valence-corrected chi connectivity index (χ1v) is 12.0. The maximum atomic E-state index is 13.4. The minimum atomic E-state index is -0.648. The van der Waals surface area contributed by atoms with Crippen molar-refractivity contribution in [1.29, 1.82) is 5.26 Å². The molecule has 3 aromatic rings. The van der Waals surface area contributed by atoms with Crippen LogP contribution in [0.4, 0.5) is 15.8 Å². The Hall–Kier alpha value is -4.42. The number of benzene rings is 2. The zero-order valence-electron chi connectivity index (χ0n) is 19.3. The van der Waals surface area contributed by atoms with Crippen molar-refractivity contribution in [2.45, 2.75) is 12.8 Å². The van der Waals surface area contributed by atoms with Crippen LogP contribution < -0.4 is 16.0 Å². The average Bonchev–Trinajstić information content (AvgIpc) is 2.89. The van der Waals surface area contributed by atoms with Gasteiger partial charge >= 0.3 is 0 Å². The molecule has 2 heterocycles. The summed E-state index contributed by atoms with van der Waals surface area (Å²) < 4.78 is 13.1. The number of aromatic nitrogens is 1. The predicted molar refractivity (Wildman–Crippen MR) is 138 cm³/mol. The number of allylic oxidation sites excluding steroid dienone is 2. The monoisotopic (exact) mass is 499 g/mol. The van der Waals surface area contributed by atoms with Crippen molar-refractivity contribution < 1.29 is 14.0 Å². The van der Waals surface area contributed by atoms with Crippen LogP contribution in [0.15, 0.2) is 101 Å². The van der Waals surface area contributed by atoms with Gasteiger partial charge in [0.1, 0.15) is 5.82 Å². The molecule has 0 spiro atoms. The van der Waals surface area contributed by atoms with Crippen LogP contribution in [-0.4, -0.2) is 22.6 Å². The van der Waals surface area contributed by atoms with E-state index in [0.717, 1.165) is 17.3 Å². The van der Waals surface area contributed by atoms with Gasteiger partial charge in [-0.25, -0.2) is 4.39 Å². The SMILES string of the molecule is CC1=C(C(=O)Nc2ccccc2)[C@@H](c2ccncc2)C(C#N)=C(SCC(=O)Nc2ccc(F)cc2)N1. The Morgan fingerprint density at radius 2 is 1.69 bits per heavy atom. The first-order chi connectivity index (χ1) is 17.5. The highest BCUT2D eigenvalue weighted by molar-refractivity contribution is 8.03. The summed E-state index contributed by atoms with van der Waals surface area (Å²) in [5, 5.41) is 19.4. The second kappa shape index (κ2) is 11.3. The van der Waals surface area contributed by atoms with Crippen LogP contribution >= 0.6 is 11.8 Å².